The van der Waals surface area contributed by atoms with Crippen molar-refractivity contribution in [1.82, 2.24) is 0 Å². The van der Waals surface area contributed by atoms with Gasteiger partial charge in [-0.15, -0.1) is 0 Å². The highest BCUT2D eigenvalue weighted by molar-refractivity contribution is 9.09. The van der Waals surface area contributed by atoms with Crippen LogP contribution in [0.25, 0.3) is 0 Å². The minimum Gasteiger partial charge on any atom is -0.381 e. The largest absolute Gasteiger partial charge is 0.381 e. The average molecular weight is 273 g/mol. The molecule has 4 fully saturated rings. The lowest BCUT2D eigenvalue weighted by Crippen LogP contribution is -2.57. The Labute approximate surface area is 101 Å². The molecule has 0 spiro atoms. The number of aliphatic hydroxyl groups excluding tert-OH is 1. The summed E-state index contributed by atoms with van der Waals surface area (Å²) in [6.07, 6.45) is 7.92. The molecule has 3 unspecified atom stereocenters. The summed E-state index contributed by atoms with van der Waals surface area (Å²) in [6, 6.07) is 0. The molecule has 0 aromatic carbocycles. The summed E-state index contributed by atoms with van der Waals surface area (Å²) < 4.78 is 0. The van der Waals surface area contributed by atoms with Crippen LogP contribution >= 0.6 is 15.9 Å². The molecule has 1 nitrogen and oxygen atoms in total. The summed E-state index contributed by atoms with van der Waals surface area (Å²) in [6.45, 7) is 4.89. The third kappa shape index (κ3) is 1.44. The molecule has 0 amide bonds. The fourth-order valence-corrected chi connectivity index (χ4v) is 6.31. The van der Waals surface area contributed by atoms with E-state index in [0.717, 1.165) is 5.92 Å². The van der Waals surface area contributed by atoms with E-state index in [0.29, 0.717) is 10.8 Å². The van der Waals surface area contributed by atoms with Gasteiger partial charge in [-0.1, -0.05) is 29.8 Å². The Bertz CT molecular complexity index is 281. The van der Waals surface area contributed by atoms with Crippen LogP contribution in [0.1, 0.15) is 52.4 Å². The molecule has 4 aliphatic rings. The van der Waals surface area contributed by atoms with Gasteiger partial charge in [0.1, 0.15) is 5.01 Å². The van der Waals surface area contributed by atoms with Crippen LogP contribution in [0.4, 0.5) is 0 Å². The van der Waals surface area contributed by atoms with E-state index in [1.165, 1.54) is 38.5 Å². The number of halogens is 1. The van der Waals surface area contributed by atoms with Crippen LogP contribution < -0.4 is 0 Å². The molecule has 4 aliphatic carbocycles. The summed E-state index contributed by atoms with van der Waals surface area (Å²) in [5.74, 6) is 0.878. The lowest BCUT2D eigenvalue weighted by Gasteiger charge is -2.66. The Morgan fingerprint density at radius 1 is 1.07 bits per heavy atom. The predicted molar refractivity (Wildman–Crippen MR) is 64.8 cm³/mol. The van der Waals surface area contributed by atoms with Gasteiger partial charge in [0, 0.05) is 5.41 Å². The lowest BCUT2D eigenvalue weighted by atomic mass is 9.40. The number of rotatable bonds is 1. The van der Waals surface area contributed by atoms with E-state index in [1.807, 2.05) is 0 Å². The van der Waals surface area contributed by atoms with Crippen molar-refractivity contribution < 1.29 is 5.11 Å². The Morgan fingerprint density at radius 3 is 2.00 bits per heavy atom. The van der Waals surface area contributed by atoms with Crippen molar-refractivity contribution >= 4 is 15.9 Å². The number of alkyl halides is 1. The Kier molecular flexibility index (Phi) is 1.99. The van der Waals surface area contributed by atoms with Crippen molar-refractivity contribution in [2.45, 2.75) is 57.4 Å². The number of hydrogen-bond acceptors (Lipinski definition) is 1. The molecule has 2 heteroatoms. The van der Waals surface area contributed by atoms with Gasteiger partial charge in [0.05, 0.1) is 0 Å². The van der Waals surface area contributed by atoms with Gasteiger partial charge in [-0.25, -0.2) is 0 Å². The van der Waals surface area contributed by atoms with Crippen LogP contribution in [0.15, 0.2) is 0 Å². The van der Waals surface area contributed by atoms with Gasteiger partial charge >= 0.3 is 0 Å². The van der Waals surface area contributed by atoms with E-state index in [1.54, 1.807) is 0 Å². The molecule has 4 saturated carbocycles. The van der Waals surface area contributed by atoms with Gasteiger partial charge in [0.15, 0.2) is 0 Å². The highest BCUT2D eigenvalue weighted by Crippen LogP contribution is 2.70. The summed E-state index contributed by atoms with van der Waals surface area (Å²) in [7, 11) is 0. The van der Waals surface area contributed by atoms with Crippen LogP contribution in [0.2, 0.25) is 0 Å². The first kappa shape index (κ1) is 10.6. The highest BCUT2D eigenvalue weighted by atomic mass is 79.9. The zero-order valence-corrected chi connectivity index (χ0v) is 11.3. The first-order valence-electron chi connectivity index (χ1n) is 6.17. The molecule has 0 aliphatic heterocycles. The maximum absolute atomic E-state index is 10.1. The Hall–Kier alpha value is 0.440. The van der Waals surface area contributed by atoms with E-state index in [4.69, 9.17) is 0 Å². The second-order valence-corrected chi connectivity index (χ2v) is 8.20. The van der Waals surface area contributed by atoms with E-state index in [2.05, 4.69) is 29.8 Å². The SMILES string of the molecule is CC12CC3CC(C)(C1)CC(C(O)Br)(C3)C2. The fraction of sp³-hybridized carbons (Fsp3) is 1.00. The fourth-order valence-electron chi connectivity index (χ4n) is 5.80. The monoisotopic (exact) mass is 272 g/mol. The first-order valence-corrected chi connectivity index (χ1v) is 7.09. The third-order valence-corrected chi connectivity index (χ3v) is 6.15. The van der Waals surface area contributed by atoms with Gasteiger partial charge in [0.25, 0.3) is 0 Å². The Morgan fingerprint density at radius 2 is 1.60 bits per heavy atom. The molecule has 0 aromatic heterocycles. The molecule has 0 heterocycles. The maximum atomic E-state index is 10.1. The second kappa shape index (κ2) is 2.81. The number of aliphatic hydroxyl groups is 1. The number of hydrogen-bond donors (Lipinski definition) is 1. The standard InChI is InChI=1S/C13H21BrO/c1-11-3-9-4-12(2,6-11)8-13(5-9,7-11)10(14)15/h9-10,15H,3-8H2,1-2H3. The van der Waals surface area contributed by atoms with Gasteiger partial charge in [-0.3, -0.25) is 0 Å². The Balaban J connectivity index is 2.02. The molecule has 4 bridgehead atoms. The van der Waals surface area contributed by atoms with Crippen molar-refractivity contribution in [3.8, 4) is 0 Å². The van der Waals surface area contributed by atoms with E-state index >= 15 is 0 Å². The molecule has 4 rings (SSSR count). The summed E-state index contributed by atoms with van der Waals surface area (Å²) in [5.41, 5.74) is 1.23. The average Bonchev–Trinajstić information content (AvgIpc) is 1.95. The van der Waals surface area contributed by atoms with Crippen LogP contribution in [-0.4, -0.2) is 10.1 Å². The first-order chi connectivity index (χ1) is 6.85. The van der Waals surface area contributed by atoms with Crippen LogP contribution in [-0.2, 0) is 0 Å². The molecular formula is C13H21BrO. The minimum absolute atomic E-state index is 0.197. The van der Waals surface area contributed by atoms with Crippen LogP contribution in [0.5, 0.6) is 0 Å². The quantitative estimate of drug-likeness (QED) is 0.722. The van der Waals surface area contributed by atoms with Crippen molar-refractivity contribution in [3.63, 3.8) is 0 Å². The molecule has 3 atom stereocenters. The smallest absolute Gasteiger partial charge is 0.114 e. The summed E-state index contributed by atoms with van der Waals surface area (Å²) in [5, 5.41) is 9.78. The minimum atomic E-state index is -0.285. The van der Waals surface area contributed by atoms with Crippen molar-refractivity contribution in [2.75, 3.05) is 0 Å². The summed E-state index contributed by atoms with van der Waals surface area (Å²) in [4.78, 5) is 0. The molecule has 15 heavy (non-hydrogen) atoms. The van der Waals surface area contributed by atoms with E-state index in [9.17, 15) is 5.11 Å². The zero-order chi connectivity index (χ0) is 10.9. The molecule has 0 saturated heterocycles. The van der Waals surface area contributed by atoms with Gasteiger partial charge in [0.2, 0.25) is 0 Å². The topological polar surface area (TPSA) is 20.2 Å². The van der Waals surface area contributed by atoms with E-state index < -0.39 is 0 Å². The molecule has 0 radical (unpaired) electrons. The normalized spacial score (nSPS) is 59.6. The van der Waals surface area contributed by atoms with Crippen molar-refractivity contribution in [2.24, 2.45) is 22.2 Å². The highest BCUT2D eigenvalue weighted by Gasteiger charge is 2.61. The molecular weight excluding hydrogens is 252 g/mol. The molecule has 1 N–H and O–H groups in total. The van der Waals surface area contributed by atoms with Gasteiger partial charge < -0.3 is 5.11 Å². The maximum Gasteiger partial charge on any atom is 0.114 e. The van der Waals surface area contributed by atoms with Crippen LogP contribution in [0.3, 0.4) is 0 Å². The van der Waals surface area contributed by atoms with E-state index in [-0.39, 0.29) is 10.4 Å². The third-order valence-electron chi connectivity index (χ3n) is 5.17. The van der Waals surface area contributed by atoms with Crippen molar-refractivity contribution in [1.29, 1.82) is 0 Å². The molecule has 0 aromatic rings. The zero-order valence-electron chi connectivity index (χ0n) is 9.72. The second-order valence-electron chi connectivity index (χ2n) is 7.33. The van der Waals surface area contributed by atoms with Crippen molar-refractivity contribution in [3.05, 3.63) is 0 Å². The molecule has 86 valence electrons. The van der Waals surface area contributed by atoms with Crippen LogP contribution in [0, 0.1) is 22.2 Å². The van der Waals surface area contributed by atoms with Gasteiger partial charge in [-0.2, -0.15) is 0 Å². The summed E-state index contributed by atoms with van der Waals surface area (Å²) >= 11 is 3.47. The lowest BCUT2D eigenvalue weighted by molar-refractivity contribution is -0.165. The predicted octanol–water partition coefficient (Wildman–Crippen LogP) is 3.70. The van der Waals surface area contributed by atoms with Gasteiger partial charge in [-0.05, 0) is 55.3 Å².